The summed E-state index contributed by atoms with van der Waals surface area (Å²) in [6.07, 6.45) is 1.50. The predicted molar refractivity (Wildman–Crippen MR) is 176 cm³/mol. The van der Waals surface area contributed by atoms with Gasteiger partial charge in [0.05, 0.1) is 11.1 Å². The fourth-order valence-corrected chi connectivity index (χ4v) is 5.15. The van der Waals surface area contributed by atoms with Crippen molar-refractivity contribution in [3.63, 3.8) is 0 Å². The van der Waals surface area contributed by atoms with E-state index in [-0.39, 0.29) is 11.9 Å². The summed E-state index contributed by atoms with van der Waals surface area (Å²) in [7, 11) is 0. The van der Waals surface area contributed by atoms with E-state index in [9.17, 15) is 9.59 Å². The first kappa shape index (κ1) is 32.5. The Kier molecular flexibility index (Phi) is 10.3. The van der Waals surface area contributed by atoms with Crippen molar-refractivity contribution in [2.45, 2.75) is 85.7 Å². The lowest BCUT2D eigenvalue weighted by atomic mass is 9.88. The Morgan fingerprint density at radius 3 is 1.66 bits per heavy atom. The predicted octanol–water partition coefficient (Wildman–Crippen LogP) is 10.3. The van der Waals surface area contributed by atoms with Crippen LogP contribution in [-0.2, 0) is 4.74 Å². The van der Waals surface area contributed by atoms with Gasteiger partial charge < -0.3 is 14.2 Å². The molecule has 4 aromatic rings. The molecule has 1 unspecified atom stereocenters. The van der Waals surface area contributed by atoms with Gasteiger partial charge >= 0.3 is 11.9 Å². The maximum absolute atomic E-state index is 12.9. The van der Waals surface area contributed by atoms with Crippen LogP contribution in [0.1, 0.15) is 115 Å². The van der Waals surface area contributed by atoms with Gasteiger partial charge in [0.2, 0.25) is 0 Å². The number of benzene rings is 4. The monoisotopic (exact) mass is 592 g/mol. The van der Waals surface area contributed by atoms with Gasteiger partial charge in [-0.3, -0.25) is 0 Å². The summed E-state index contributed by atoms with van der Waals surface area (Å²) >= 11 is 0. The highest BCUT2D eigenvalue weighted by atomic mass is 16.6. The lowest BCUT2D eigenvalue weighted by Crippen LogP contribution is -2.30. The first-order valence-electron chi connectivity index (χ1n) is 15.5. The second-order valence-corrected chi connectivity index (χ2v) is 12.1. The average Bonchev–Trinajstić information content (AvgIpc) is 3.02. The molecule has 4 rings (SSSR count). The quantitative estimate of drug-likeness (QED) is 0.128. The number of rotatable bonds is 11. The molecule has 44 heavy (non-hydrogen) atoms. The largest absolute Gasteiger partial charge is 0.457 e. The first-order chi connectivity index (χ1) is 20.9. The number of carbonyl (C=O) groups is 2. The molecular formula is C39H44O5. The highest BCUT2D eigenvalue weighted by Crippen LogP contribution is 2.31. The number of hydrogen-bond donors (Lipinski definition) is 0. The van der Waals surface area contributed by atoms with E-state index in [0.29, 0.717) is 34.3 Å². The van der Waals surface area contributed by atoms with E-state index in [0.717, 1.165) is 18.4 Å². The molecule has 0 saturated carbocycles. The van der Waals surface area contributed by atoms with Gasteiger partial charge in [-0.15, -0.1) is 0 Å². The third-order valence-electron chi connectivity index (χ3n) is 8.57. The zero-order valence-corrected chi connectivity index (χ0v) is 27.2. The zero-order chi connectivity index (χ0) is 32.0. The molecule has 0 amide bonds. The van der Waals surface area contributed by atoms with Crippen molar-refractivity contribution in [3.05, 3.63) is 124 Å². The van der Waals surface area contributed by atoms with Crippen LogP contribution in [0.2, 0.25) is 0 Å². The van der Waals surface area contributed by atoms with Crippen LogP contribution < -0.4 is 9.47 Å². The first-order valence-corrected chi connectivity index (χ1v) is 15.5. The summed E-state index contributed by atoms with van der Waals surface area (Å²) < 4.78 is 17.4. The van der Waals surface area contributed by atoms with Gasteiger partial charge in [0.25, 0.3) is 0 Å². The fourth-order valence-electron chi connectivity index (χ4n) is 5.15. The van der Waals surface area contributed by atoms with Crippen LogP contribution >= 0.6 is 0 Å². The van der Waals surface area contributed by atoms with Crippen molar-refractivity contribution >= 4 is 11.9 Å². The van der Waals surface area contributed by atoms with Crippen molar-refractivity contribution in [1.82, 2.24) is 0 Å². The molecule has 0 spiro atoms. The van der Waals surface area contributed by atoms with Crippen LogP contribution in [0.3, 0.4) is 0 Å². The Morgan fingerprint density at radius 1 is 0.682 bits per heavy atom. The van der Waals surface area contributed by atoms with E-state index >= 15 is 0 Å². The summed E-state index contributed by atoms with van der Waals surface area (Å²) in [5, 5.41) is 0. The van der Waals surface area contributed by atoms with Crippen molar-refractivity contribution in [3.8, 4) is 17.2 Å². The van der Waals surface area contributed by atoms with Gasteiger partial charge in [-0.2, -0.15) is 0 Å². The zero-order valence-electron chi connectivity index (χ0n) is 27.2. The molecule has 0 aliphatic rings. The van der Waals surface area contributed by atoms with E-state index in [2.05, 4.69) is 52.0 Å². The normalized spacial score (nSPS) is 12.1. The van der Waals surface area contributed by atoms with Gasteiger partial charge in [-0.05, 0) is 122 Å². The molecule has 0 radical (unpaired) electrons. The van der Waals surface area contributed by atoms with E-state index in [1.165, 1.54) is 22.3 Å². The lowest BCUT2D eigenvalue weighted by Gasteiger charge is -2.26. The van der Waals surface area contributed by atoms with Gasteiger partial charge in [0, 0.05) is 5.92 Å². The number of carbonyl (C=O) groups excluding carboxylic acids is 2. The minimum Gasteiger partial charge on any atom is -0.457 e. The maximum Gasteiger partial charge on any atom is 0.343 e. The Balaban J connectivity index is 1.36. The smallest absolute Gasteiger partial charge is 0.343 e. The number of ether oxygens (including phenoxy) is 3. The molecule has 230 valence electrons. The van der Waals surface area contributed by atoms with Crippen LogP contribution in [0, 0.1) is 13.8 Å². The summed E-state index contributed by atoms with van der Waals surface area (Å²) in [6, 6.07) is 26.3. The molecule has 0 heterocycles. The molecule has 5 heteroatoms. The lowest BCUT2D eigenvalue weighted by molar-refractivity contribution is -0.0131. The summed E-state index contributed by atoms with van der Waals surface area (Å²) in [4.78, 5) is 25.5. The van der Waals surface area contributed by atoms with Gasteiger partial charge in [-0.1, -0.05) is 65.0 Å². The van der Waals surface area contributed by atoms with Crippen LogP contribution in [0.4, 0.5) is 0 Å². The van der Waals surface area contributed by atoms with Crippen molar-refractivity contribution in [2.24, 2.45) is 0 Å². The second kappa shape index (κ2) is 13.9. The SMILES string of the molecule is CCC(C)(CC)OC(=O)c1ccc(Oc2ccc(C(=O)Oc3ccc(C(C)c4ccc(C(C)C)c(C)c4)cc3C)cc2)cc1. The van der Waals surface area contributed by atoms with Crippen LogP contribution in [0.25, 0.3) is 0 Å². The van der Waals surface area contributed by atoms with Gasteiger partial charge in [0.1, 0.15) is 22.8 Å². The van der Waals surface area contributed by atoms with Crippen molar-refractivity contribution in [1.29, 1.82) is 0 Å². The minimum atomic E-state index is -0.477. The standard InChI is InChI=1S/C39H44O5/c1-9-39(8,10-2)44-38(41)30-13-19-34(20-14-30)42-33-17-11-29(12-18-33)37(40)43-36-22-16-32(24-27(36)6)28(7)31-15-21-35(25(3)4)26(5)23-31/h11-25,28H,9-10H2,1-8H3. The van der Waals surface area contributed by atoms with Gasteiger partial charge in [0.15, 0.2) is 0 Å². The Labute approximate surface area is 262 Å². The van der Waals surface area contributed by atoms with E-state index in [1.807, 2.05) is 39.8 Å². The van der Waals surface area contributed by atoms with Crippen molar-refractivity contribution in [2.75, 3.05) is 0 Å². The molecule has 0 saturated heterocycles. The Morgan fingerprint density at radius 2 is 1.18 bits per heavy atom. The summed E-state index contributed by atoms with van der Waals surface area (Å²) in [6.45, 7) is 16.7. The molecule has 0 fully saturated rings. The topological polar surface area (TPSA) is 61.8 Å². The molecule has 0 aliphatic heterocycles. The van der Waals surface area contributed by atoms with E-state index in [4.69, 9.17) is 14.2 Å². The highest BCUT2D eigenvalue weighted by Gasteiger charge is 2.25. The van der Waals surface area contributed by atoms with Crippen LogP contribution in [0.15, 0.2) is 84.9 Å². The Bertz CT molecular complexity index is 1600. The molecule has 4 aromatic carbocycles. The summed E-state index contributed by atoms with van der Waals surface area (Å²) in [5.41, 5.74) is 6.44. The molecule has 0 bridgehead atoms. The fraction of sp³-hybridized carbons (Fsp3) is 0.333. The third kappa shape index (κ3) is 7.76. The van der Waals surface area contributed by atoms with Crippen LogP contribution in [0.5, 0.6) is 17.2 Å². The molecule has 0 aromatic heterocycles. The molecule has 0 N–H and O–H groups in total. The van der Waals surface area contributed by atoms with Crippen molar-refractivity contribution < 1.29 is 23.8 Å². The second-order valence-electron chi connectivity index (χ2n) is 12.1. The number of esters is 2. The van der Waals surface area contributed by atoms with Crippen LogP contribution in [-0.4, -0.2) is 17.5 Å². The average molecular weight is 593 g/mol. The summed E-state index contributed by atoms with van der Waals surface area (Å²) in [5.74, 6) is 1.60. The Hall–Kier alpha value is -4.38. The molecule has 0 aliphatic carbocycles. The molecule has 5 nitrogen and oxygen atoms in total. The third-order valence-corrected chi connectivity index (χ3v) is 8.57. The highest BCUT2D eigenvalue weighted by molar-refractivity contribution is 5.91. The van der Waals surface area contributed by atoms with E-state index in [1.54, 1.807) is 48.5 Å². The van der Waals surface area contributed by atoms with E-state index < -0.39 is 11.6 Å². The number of hydrogen-bond acceptors (Lipinski definition) is 5. The molecular weight excluding hydrogens is 548 g/mol. The van der Waals surface area contributed by atoms with Gasteiger partial charge in [-0.25, -0.2) is 9.59 Å². The number of aryl methyl sites for hydroxylation is 2. The minimum absolute atomic E-state index is 0.217. The molecule has 1 atom stereocenters. The maximum atomic E-state index is 12.9.